The minimum Gasteiger partial charge on any atom is -0.480 e. The molecule has 0 aliphatic carbocycles. The average molecular weight is 311 g/mol. The second-order valence-corrected chi connectivity index (χ2v) is 5.81. The lowest BCUT2D eigenvalue weighted by molar-refractivity contribution is -0.147. The molecule has 2 atom stereocenters. The molecular weight excluding hydrogens is 292 g/mol. The predicted molar refractivity (Wildman–Crippen MR) is 81.5 cm³/mol. The summed E-state index contributed by atoms with van der Waals surface area (Å²) >= 11 is 5.99. The number of para-hydroxylation sites is 1. The number of piperidine rings is 1. The Morgan fingerprint density at radius 1 is 1.43 bits per heavy atom. The molecule has 114 valence electrons. The van der Waals surface area contributed by atoms with Gasteiger partial charge in [-0.15, -0.1) is 0 Å². The summed E-state index contributed by atoms with van der Waals surface area (Å²) in [5.74, 6) is -1.07. The molecule has 0 radical (unpaired) electrons. The van der Waals surface area contributed by atoms with Gasteiger partial charge in [-0.1, -0.05) is 30.7 Å². The zero-order valence-electron chi connectivity index (χ0n) is 11.9. The van der Waals surface area contributed by atoms with Crippen LogP contribution in [0.4, 0.5) is 5.69 Å². The Bertz CT molecular complexity index is 535. The second kappa shape index (κ2) is 6.91. The fourth-order valence-corrected chi connectivity index (χ4v) is 2.97. The van der Waals surface area contributed by atoms with E-state index in [4.69, 9.17) is 11.6 Å². The average Bonchev–Trinajstić information content (AvgIpc) is 2.41. The quantitative estimate of drug-likeness (QED) is 0.896. The van der Waals surface area contributed by atoms with E-state index in [1.807, 2.05) is 6.92 Å². The summed E-state index contributed by atoms with van der Waals surface area (Å²) < 4.78 is 0. The van der Waals surface area contributed by atoms with Crippen LogP contribution in [0.25, 0.3) is 0 Å². The Morgan fingerprint density at radius 2 is 2.14 bits per heavy atom. The first kappa shape index (κ1) is 15.8. The van der Waals surface area contributed by atoms with Crippen LogP contribution < -0.4 is 5.32 Å². The summed E-state index contributed by atoms with van der Waals surface area (Å²) in [5.41, 5.74) is 0.543. The van der Waals surface area contributed by atoms with Crippen LogP contribution >= 0.6 is 11.6 Å². The van der Waals surface area contributed by atoms with E-state index in [2.05, 4.69) is 5.32 Å². The molecule has 1 saturated heterocycles. The van der Waals surface area contributed by atoms with Gasteiger partial charge in [0.05, 0.1) is 17.3 Å². The van der Waals surface area contributed by atoms with E-state index >= 15 is 0 Å². The number of aliphatic carboxylic acids is 1. The van der Waals surface area contributed by atoms with Gasteiger partial charge in [0.1, 0.15) is 6.04 Å². The third kappa shape index (κ3) is 3.95. The van der Waals surface area contributed by atoms with E-state index < -0.39 is 12.0 Å². The van der Waals surface area contributed by atoms with Crippen molar-refractivity contribution in [2.24, 2.45) is 5.92 Å². The maximum Gasteiger partial charge on any atom is 0.321 e. The van der Waals surface area contributed by atoms with Crippen molar-refractivity contribution in [2.45, 2.75) is 25.8 Å². The van der Waals surface area contributed by atoms with E-state index in [9.17, 15) is 14.7 Å². The summed E-state index contributed by atoms with van der Waals surface area (Å²) in [7, 11) is 0. The topological polar surface area (TPSA) is 69.6 Å². The van der Waals surface area contributed by atoms with E-state index in [0.29, 0.717) is 17.3 Å². The van der Waals surface area contributed by atoms with Crippen LogP contribution in [0.3, 0.4) is 0 Å². The molecule has 0 bridgehead atoms. The highest BCUT2D eigenvalue weighted by atomic mass is 35.5. The monoisotopic (exact) mass is 310 g/mol. The van der Waals surface area contributed by atoms with Crippen LogP contribution in [-0.4, -0.2) is 41.0 Å². The van der Waals surface area contributed by atoms with Gasteiger partial charge in [0.15, 0.2) is 0 Å². The largest absolute Gasteiger partial charge is 0.480 e. The number of amides is 1. The SMILES string of the molecule is CC1CCCN(CC(=O)Nc2ccccc2Cl)C1C(=O)O. The molecule has 1 aromatic rings. The second-order valence-electron chi connectivity index (χ2n) is 5.40. The number of halogens is 1. The molecule has 1 amide bonds. The summed E-state index contributed by atoms with van der Waals surface area (Å²) in [6, 6.07) is 6.37. The van der Waals surface area contributed by atoms with Crippen molar-refractivity contribution >= 4 is 29.2 Å². The summed E-state index contributed by atoms with van der Waals surface area (Å²) in [6.45, 7) is 2.60. The van der Waals surface area contributed by atoms with E-state index in [1.165, 1.54) is 0 Å². The molecule has 0 saturated carbocycles. The van der Waals surface area contributed by atoms with Crippen LogP contribution in [0.15, 0.2) is 24.3 Å². The van der Waals surface area contributed by atoms with Crippen LogP contribution in [0, 0.1) is 5.92 Å². The Balaban J connectivity index is 2.01. The highest BCUT2D eigenvalue weighted by molar-refractivity contribution is 6.33. The van der Waals surface area contributed by atoms with Gasteiger partial charge in [-0.3, -0.25) is 14.5 Å². The molecule has 21 heavy (non-hydrogen) atoms. The fraction of sp³-hybridized carbons (Fsp3) is 0.467. The summed E-state index contributed by atoms with van der Waals surface area (Å²) in [4.78, 5) is 25.2. The molecule has 6 heteroatoms. The Hall–Kier alpha value is -1.59. The van der Waals surface area contributed by atoms with Crippen LogP contribution in [0.1, 0.15) is 19.8 Å². The number of anilines is 1. The van der Waals surface area contributed by atoms with Gasteiger partial charge < -0.3 is 10.4 Å². The Morgan fingerprint density at radius 3 is 2.81 bits per heavy atom. The van der Waals surface area contributed by atoms with Gasteiger partial charge in [-0.25, -0.2) is 0 Å². The number of rotatable bonds is 4. The molecular formula is C15H19ClN2O3. The number of carbonyl (C=O) groups is 2. The van der Waals surface area contributed by atoms with Gasteiger partial charge in [0, 0.05) is 0 Å². The van der Waals surface area contributed by atoms with E-state index in [0.717, 1.165) is 12.8 Å². The number of nitrogens with one attached hydrogen (secondary N) is 1. The highest BCUT2D eigenvalue weighted by Crippen LogP contribution is 2.24. The van der Waals surface area contributed by atoms with Crippen molar-refractivity contribution in [3.63, 3.8) is 0 Å². The molecule has 1 aliphatic heterocycles. The maximum absolute atomic E-state index is 12.1. The molecule has 1 fully saturated rings. The molecule has 1 aromatic carbocycles. The van der Waals surface area contributed by atoms with Gasteiger partial charge >= 0.3 is 5.97 Å². The number of benzene rings is 1. The number of hydrogen-bond acceptors (Lipinski definition) is 3. The molecule has 0 spiro atoms. The fourth-order valence-electron chi connectivity index (χ4n) is 2.79. The van der Waals surface area contributed by atoms with Crippen molar-refractivity contribution in [1.82, 2.24) is 4.90 Å². The van der Waals surface area contributed by atoms with Crippen molar-refractivity contribution < 1.29 is 14.7 Å². The number of likely N-dealkylation sites (tertiary alicyclic amines) is 1. The predicted octanol–water partition coefficient (Wildman–Crippen LogP) is 2.46. The number of carboxylic acids is 1. The zero-order chi connectivity index (χ0) is 15.4. The minimum atomic E-state index is -0.868. The third-order valence-corrected chi connectivity index (χ3v) is 4.11. The van der Waals surface area contributed by atoms with Gasteiger partial charge in [-0.2, -0.15) is 0 Å². The summed E-state index contributed by atoms with van der Waals surface area (Å²) in [5, 5.41) is 12.5. The van der Waals surface area contributed by atoms with Crippen molar-refractivity contribution in [3.05, 3.63) is 29.3 Å². The first-order valence-electron chi connectivity index (χ1n) is 7.00. The third-order valence-electron chi connectivity index (χ3n) is 3.78. The van der Waals surface area contributed by atoms with Gasteiger partial charge in [0.2, 0.25) is 5.91 Å². The van der Waals surface area contributed by atoms with Crippen LogP contribution in [0.5, 0.6) is 0 Å². The maximum atomic E-state index is 12.1. The van der Waals surface area contributed by atoms with Crippen molar-refractivity contribution in [3.8, 4) is 0 Å². The molecule has 5 nitrogen and oxygen atoms in total. The first-order chi connectivity index (χ1) is 9.99. The molecule has 0 aromatic heterocycles. The molecule has 2 unspecified atom stereocenters. The standard InChI is InChI=1S/C15H19ClN2O3/c1-10-5-4-8-18(14(10)15(20)21)9-13(19)17-12-7-3-2-6-11(12)16/h2-3,6-7,10,14H,4-5,8-9H2,1H3,(H,17,19)(H,20,21). The van der Waals surface area contributed by atoms with E-state index in [-0.39, 0.29) is 18.4 Å². The van der Waals surface area contributed by atoms with Crippen LogP contribution in [0.2, 0.25) is 5.02 Å². The zero-order valence-corrected chi connectivity index (χ0v) is 12.6. The lowest BCUT2D eigenvalue weighted by atomic mass is 9.91. The molecule has 1 heterocycles. The normalized spacial score (nSPS) is 22.8. The number of hydrogen-bond donors (Lipinski definition) is 2. The lowest BCUT2D eigenvalue weighted by Gasteiger charge is -2.36. The van der Waals surface area contributed by atoms with Crippen molar-refractivity contribution in [2.75, 3.05) is 18.4 Å². The van der Waals surface area contributed by atoms with Gasteiger partial charge in [0.25, 0.3) is 0 Å². The number of carboxylic acid groups (broad SMARTS) is 1. The lowest BCUT2D eigenvalue weighted by Crippen LogP contribution is -2.51. The van der Waals surface area contributed by atoms with E-state index in [1.54, 1.807) is 29.2 Å². The summed E-state index contributed by atoms with van der Waals surface area (Å²) in [6.07, 6.45) is 1.78. The molecule has 1 aliphatic rings. The number of nitrogens with zero attached hydrogens (tertiary/aromatic N) is 1. The van der Waals surface area contributed by atoms with Gasteiger partial charge in [-0.05, 0) is 37.4 Å². The Labute approximate surface area is 128 Å². The molecule has 2 rings (SSSR count). The number of carbonyl (C=O) groups excluding carboxylic acids is 1. The van der Waals surface area contributed by atoms with Crippen molar-refractivity contribution in [1.29, 1.82) is 0 Å². The first-order valence-corrected chi connectivity index (χ1v) is 7.38. The molecule has 2 N–H and O–H groups in total. The highest BCUT2D eigenvalue weighted by Gasteiger charge is 2.35. The Kier molecular flexibility index (Phi) is 5.20. The van der Waals surface area contributed by atoms with Crippen LogP contribution in [-0.2, 0) is 9.59 Å². The minimum absolute atomic E-state index is 0.0457. The smallest absolute Gasteiger partial charge is 0.321 e.